The molecule has 0 saturated carbocycles. The minimum absolute atomic E-state index is 0.0236. The van der Waals surface area contributed by atoms with Crippen molar-refractivity contribution in [3.8, 4) is 0 Å². The Hall–Kier alpha value is -0.370. The van der Waals surface area contributed by atoms with Crippen molar-refractivity contribution >= 4 is 33.2 Å². The molecular formula is C13H17Cl2NO4S. The predicted octanol–water partition coefficient (Wildman–Crippen LogP) is 2.29. The van der Waals surface area contributed by atoms with Gasteiger partial charge in [-0.2, -0.15) is 4.31 Å². The smallest absolute Gasteiger partial charge is 0.244 e. The summed E-state index contributed by atoms with van der Waals surface area (Å²) in [5, 5.41) is 9.50. The lowest BCUT2D eigenvalue weighted by Crippen LogP contribution is -2.45. The lowest BCUT2D eigenvalue weighted by molar-refractivity contribution is -0.00278. The number of nitrogens with zero attached hydrogens (tertiary/aromatic N) is 1. The van der Waals surface area contributed by atoms with Gasteiger partial charge < -0.3 is 9.84 Å². The van der Waals surface area contributed by atoms with Crippen LogP contribution >= 0.6 is 23.2 Å². The van der Waals surface area contributed by atoms with Crippen LogP contribution in [0.2, 0.25) is 10.0 Å². The molecule has 0 aliphatic carbocycles. The molecule has 1 heterocycles. The van der Waals surface area contributed by atoms with Gasteiger partial charge in [0.1, 0.15) is 4.90 Å². The van der Waals surface area contributed by atoms with Gasteiger partial charge in [-0.25, -0.2) is 8.42 Å². The van der Waals surface area contributed by atoms with E-state index in [1.165, 1.54) is 16.4 Å². The molecule has 8 heteroatoms. The van der Waals surface area contributed by atoms with E-state index in [1.54, 1.807) is 0 Å². The maximum Gasteiger partial charge on any atom is 0.244 e. The van der Waals surface area contributed by atoms with Gasteiger partial charge in [0.25, 0.3) is 0 Å². The fraction of sp³-hybridized carbons (Fsp3) is 0.538. The van der Waals surface area contributed by atoms with Crippen LogP contribution in [0.1, 0.15) is 18.9 Å². The molecule has 0 bridgehead atoms. The molecule has 1 atom stereocenters. The minimum atomic E-state index is -3.73. The molecule has 0 radical (unpaired) electrons. The van der Waals surface area contributed by atoms with Crippen LogP contribution < -0.4 is 0 Å². The lowest BCUT2D eigenvalue weighted by atomic mass is 10.2. The third-order valence-corrected chi connectivity index (χ3v) is 6.29. The fourth-order valence-electron chi connectivity index (χ4n) is 2.22. The summed E-state index contributed by atoms with van der Waals surface area (Å²) in [4.78, 5) is -0.0330. The molecule has 0 aromatic heterocycles. The predicted molar refractivity (Wildman–Crippen MR) is 81.2 cm³/mol. The van der Waals surface area contributed by atoms with Crippen molar-refractivity contribution in [2.24, 2.45) is 0 Å². The van der Waals surface area contributed by atoms with E-state index in [0.29, 0.717) is 13.2 Å². The topological polar surface area (TPSA) is 66.8 Å². The lowest BCUT2D eigenvalue weighted by Gasteiger charge is -2.32. The highest BCUT2D eigenvalue weighted by atomic mass is 35.5. The van der Waals surface area contributed by atoms with Gasteiger partial charge in [0.2, 0.25) is 10.0 Å². The van der Waals surface area contributed by atoms with E-state index in [9.17, 15) is 13.5 Å². The Labute approximate surface area is 134 Å². The third-order valence-electron chi connectivity index (χ3n) is 3.48. The van der Waals surface area contributed by atoms with E-state index in [1.807, 2.05) is 6.92 Å². The minimum Gasteiger partial charge on any atom is -0.392 e. The highest BCUT2D eigenvalue weighted by molar-refractivity contribution is 7.89. The molecule has 1 aromatic rings. The summed E-state index contributed by atoms with van der Waals surface area (Å²) in [5.74, 6) is 0. The number of benzene rings is 1. The van der Waals surface area contributed by atoms with E-state index in [4.69, 9.17) is 27.9 Å². The summed E-state index contributed by atoms with van der Waals surface area (Å²) >= 11 is 12.0. The quantitative estimate of drug-likeness (QED) is 0.901. The van der Waals surface area contributed by atoms with Gasteiger partial charge in [-0.15, -0.1) is 0 Å². The molecule has 2 rings (SSSR count). The standard InChI is InChI=1S/C13H17Cl2NO4S/c1-2-9-7-16(5-6-20-9)21(18,19)12-4-3-11(14)10(8-17)13(12)15/h3-4,9,17H,2,5-8H2,1H3. The van der Waals surface area contributed by atoms with Crippen molar-refractivity contribution in [2.45, 2.75) is 31.0 Å². The van der Waals surface area contributed by atoms with Gasteiger partial charge >= 0.3 is 0 Å². The van der Waals surface area contributed by atoms with E-state index in [2.05, 4.69) is 0 Å². The Morgan fingerprint density at radius 1 is 1.43 bits per heavy atom. The number of hydrogen-bond acceptors (Lipinski definition) is 4. The molecule has 1 fully saturated rings. The van der Waals surface area contributed by atoms with Crippen molar-refractivity contribution in [3.05, 3.63) is 27.7 Å². The average Bonchev–Trinajstić information content (AvgIpc) is 2.47. The second kappa shape index (κ2) is 6.81. The summed E-state index contributed by atoms with van der Waals surface area (Å²) in [6, 6.07) is 2.80. The number of ether oxygens (including phenoxy) is 1. The van der Waals surface area contributed by atoms with E-state index < -0.39 is 16.6 Å². The summed E-state index contributed by atoms with van der Waals surface area (Å²) < 4.78 is 32.3. The number of aliphatic hydroxyl groups is 1. The zero-order valence-electron chi connectivity index (χ0n) is 11.6. The van der Waals surface area contributed by atoms with Gasteiger partial charge in [-0.05, 0) is 18.6 Å². The molecule has 0 spiro atoms. The molecule has 1 N–H and O–H groups in total. The molecular weight excluding hydrogens is 337 g/mol. The van der Waals surface area contributed by atoms with Crippen LogP contribution in [-0.2, 0) is 21.4 Å². The van der Waals surface area contributed by atoms with Gasteiger partial charge in [-0.1, -0.05) is 30.1 Å². The first-order valence-corrected chi connectivity index (χ1v) is 8.80. The number of halogens is 2. The Morgan fingerprint density at radius 2 is 2.14 bits per heavy atom. The maximum absolute atomic E-state index is 12.7. The molecule has 21 heavy (non-hydrogen) atoms. The summed E-state index contributed by atoms with van der Waals surface area (Å²) in [6.07, 6.45) is 0.624. The van der Waals surface area contributed by atoms with Crippen molar-refractivity contribution in [1.82, 2.24) is 4.31 Å². The number of hydrogen-bond donors (Lipinski definition) is 1. The molecule has 118 valence electrons. The van der Waals surface area contributed by atoms with Crippen molar-refractivity contribution in [1.29, 1.82) is 0 Å². The molecule has 1 aliphatic heterocycles. The molecule has 1 unspecified atom stereocenters. The number of rotatable bonds is 4. The fourth-order valence-corrected chi connectivity index (χ4v) is 4.54. The van der Waals surface area contributed by atoms with Gasteiger partial charge in [0.05, 0.1) is 24.3 Å². The zero-order valence-corrected chi connectivity index (χ0v) is 13.9. The van der Waals surface area contributed by atoms with Gasteiger partial charge in [-0.3, -0.25) is 0 Å². The van der Waals surface area contributed by atoms with Crippen LogP contribution in [0.3, 0.4) is 0 Å². The zero-order chi connectivity index (χ0) is 15.6. The Morgan fingerprint density at radius 3 is 2.76 bits per heavy atom. The monoisotopic (exact) mass is 353 g/mol. The van der Waals surface area contributed by atoms with Crippen LogP contribution in [0, 0.1) is 0 Å². The largest absolute Gasteiger partial charge is 0.392 e. The number of morpholine rings is 1. The first-order chi connectivity index (χ1) is 9.91. The van der Waals surface area contributed by atoms with E-state index in [0.717, 1.165) is 6.42 Å². The summed E-state index contributed by atoms with van der Waals surface area (Å²) in [5.41, 5.74) is 0.222. The number of sulfonamides is 1. The number of aliphatic hydroxyl groups excluding tert-OH is 1. The normalized spacial score (nSPS) is 20.7. The molecule has 1 saturated heterocycles. The van der Waals surface area contributed by atoms with Crippen LogP contribution in [-0.4, -0.2) is 43.6 Å². The van der Waals surface area contributed by atoms with Crippen LogP contribution in [0.4, 0.5) is 0 Å². The van der Waals surface area contributed by atoms with Crippen LogP contribution in [0.5, 0.6) is 0 Å². The second-order valence-corrected chi connectivity index (χ2v) is 7.45. The highest BCUT2D eigenvalue weighted by Gasteiger charge is 2.32. The van der Waals surface area contributed by atoms with E-state index in [-0.39, 0.29) is 33.2 Å². The summed E-state index contributed by atoms with van der Waals surface area (Å²) in [7, 11) is -3.73. The SMILES string of the molecule is CCC1CN(S(=O)(=O)c2ccc(Cl)c(CO)c2Cl)CCO1. The molecule has 1 aromatic carbocycles. The van der Waals surface area contributed by atoms with Crippen molar-refractivity contribution in [3.63, 3.8) is 0 Å². The third kappa shape index (κ3) is 3.36. The Kier molecular flexibility index (Phi) is 5.51. The van der Waals surface area contributed by atoms with Crippen LogP contribution in [0.15, 0.2) is 17.0 Å². The highest BCUT2D eigenvalue weighted by Crippen LogP contribution is 2.33. The Balaban J connectivity index is 2.40. The average molecular weight is 354 g/mol. The Bertz CT molecular complexity index is 621. The van der Waals surface area contributed by atoms with Gasteiger partial charge in [0, 0.05) is 23.7 Å². The van der Waals surface area contributed by atoms with Crippen molar-refractivity contribution in [2.75, 3.05) is 19.7 Å². The second-order valence-electron chi connectivity index (χ2n) is 4.76. The van der Waals surface area contributed by atoms with Crippen LogP contribution in [0.25, 0.3) is 0 Å². The first kappa shape index (κ1) is 17.0. The van der Waals surface area contributed by atoms with E-state index >= 15 is 0 Å². The molecule has 1 aliphatic rings. The van der Waals surface area contributed by atoms with Crippen molar-refractivity contribution < 1.29 is 18.3 Å². The molecule has 5 nitrogen and oxygen atoms in total. The maximum atomic E-state index is 12.7. The summed E-state index contributed by atoms with van der Waals surface area (Å²) in [6.45, 7) is 2.47. The first-order valence-electron chi connectivity index (χ1n) is 6.61. The molecule has 0 amide bonds. The van der Waals surface area contributed by atoms with Gasteiger partial charge in [0.15, 0.2) is 0 Å².